The first-order chi connectivity index (χ1) is 8.20. The van der Waals surface area contributed by atoms with Crippen LogP contribution in [0.3, 0.4) is 0 Å². The summed E-state index contributed by atoms with van der Waals surface area (Å²) in [4.78, 5) is 4.38. The van der Waals surface area contributed by atoms with Gasteiger partial charge in [0.15, 0.2) is 0 Å². The third-order valence-electron chi connectivity index (χ3n) is 2.09. The predicted octanol–water partition coefficient (Wildman–Crippen LogP) is 1.59. The first kappa shape index (κ1) is 12.1. The quantitative estimate of drug-likeness (QED) is 0.851. The summed E-state index contributed by atoms with van der Waals surface area (Å²) in [6.45, 7) is 0. The van der Waals surface area contributed by atoms with Gasteiger partial charge in [-0.15, -0.1) is 5.10 Å². The van der Waals surface area contributed by atoms with Crippen LogP contribution in [0.4, 0.5) is 5.82 Å². The van der Waals surface area contributed by atoms with E-state index in [1.54, 1.807) is 11.7 Å². The molecular formula is C9H11ClN6S. The highest BCUT2D eigenvalue weighted by atomic mass is 35.5. The molecule has 8 heteroatoms. The summed E-state index contributed by atoms with van der Waals surface area (Å²) in [6.07, 6.45) is 0. The van der Waals surface area contributed by atoms with Crippen molar-refractivity contribution in [3.8, 4) is 0 Å². The molecule has 0 aromatic carbocycles. The van der Waals surface area contributed by atoms with Crippen LogP contribution in [0.15, 0.2) is 17.3 Å². The highest BCUT2D eigenvalue weighted by Crippen LogP contribution is 2.24. The predicted molar refractivity (Wildman–Crippen MR) is 67.2 cm³/mol. The Morgan fingerprint density at radius 1 is 1.47 bits per heavy atom. The van der Waals surface area contributed by atoms with E-state index >= 15 is 0 Å². The lowest BCUT2D eigenvalue weighted by molar-refractivity contribution is 0.664. The Morgan fingerprint density at radius 3 is 2.94 bits per heavy atom. The van der Waals surface area contributed by atoms with E-state index < -0.39 is 0 Å². The van der Waals surface area contributed by atoms with Crippen molar-refractivity contribution in [1.29, 1.82) is 0 Å². The van der Waals surface area contributed by atoms with Gasteiger partial charge in [-0.1, -0.05) is 23.4 Å². The smallest absolute Gasteiger partial charge is 0.209 e. The van der Waals surface area contributed by atoms with E-state index in [4.69, 9.17) is 11.6 Å². The zero-order valence-corrected chi connectivity index (χ0v) is 11.0. The molecule has 90 valence electrons. The molecule has 0 saturated carbocycles. The molecule has 0 aliphatic rings. The summed E-state index contributed by atoms with van der Waals surface area (Å²) in [7, 11) is 3.61. The fraction of sp³-hybridized carbons (Fsp3) is 0.333. The summed E-state index contributed by atoms with van der Waals surface area (Å²) >= 11 is 7.56. The maximum absolute atomic E-state index is 6.07. The zero-order valence-electron chi connectivity index (χ0n) is 9.38. The summed E-state index contributed by atoms with van der Waals surface area (Å²) in [5, 5.41) is 15.6. The molecule has 1 N–H and O–H groups in total. The van der Waals surface area contributed by atoms with Gasteiger partial charge in [0.05, 0.1) is 10.7 Å². The number of halogens is 1. The SMILES string of the molecule is CNc1ccc(Cl)c(CSc2nnnn2C)n1. The minimum atomic E-state index is 0.628. The molecule has 2 heterocycles. The van der Waals surface area contributed by atoms with Gasteiger partial charge in [0, 0.05) is 19.8 Å². The van der Waals surface area contributed by atoms with Crippen molar-refractivity contribution in [2.75, 3.05) is 12.4 Å². The van der Waals surface area contributed by atoms with Gasteiger partial charge in [0.2, 0.25) is 5.16 Å². The van der Waals surface area contributed by atoms with Crippen molar-refractivity contribution < 1.29 is 0 Å². The van der Waals surface area contributed by atoms with Gasteiger partial charge in [-0.05, 0) is 22.6 Å². The number of rotatable bonds is 4. The number of nitrogens with one attached hydrogen (secondary N) is 1. The van der Waals surface area contributed by atoms with Gasteiger partial charge in [0.1, 0.15) is 5.82 Å². The van der Waals surface area contributed by atoms with Crippen LogP contribution in [0.1, 0.15) is 5.69 Å². The Hall–Kier alpha value is -1.34. The normalized spacial score (nSPS) is 10.5. The molecule has 0 amide bonds. The number of tetrazole rings is 1. The molecule has 0 fully saturated rings. The van der Waals surface area contributed by atoms with E-state index in [1.807, 2.05) is 19.2 Å². The third kappa shape index (κ3) is 2.86. The van der Waals surface area contributed by atoms with Crippen LogP contribution >= 0.6 is 23.4 Å². The maximum atomic E-state index is 6.07. The number of aryl methyl sites for hydroxylation is 1. The molecular weight excluding hydrogens is 260 g/mol. The Balaban J connectivity index is 2.11. The molecule has 2 rings (SSSR count). The molecule has 0 bridgehead atoms. The van der Waals surface area contributed by atoms with Crippen molar-refractivity contribution in [2.24, 2.45) is 7.05 Å². The average Bonchev–Trinajstić information content (AvgIpc) is 2.74. The number of hydrogen-bond acceptors (Lipinski definition) is 6. The molecule has 6 nitrogen and oxygen atoms in total. The van der Waals surface area contributed by atoms with Gasteiger partial charge < -0.3 is 5.32 Å². The van der Waals surface area contributed by atoms with Crippen LogP contribution in [0, 0.1) is 0 Å². The Kier molecular flexibility index (Phi) is 3.80. The lowest BCUT2D eigenvalue weighted by Gasteiger charge is -2.05. The zero-order chi connectivity index (χ0) is 12.3. The second-order valence-corrected chi connectivity index (χ2v) is 4.60. The highest BCUT2D eigenvalue weighted by molar-refractivity contribution is 7.98. The average molecular weight is 271 g/mol. The van der Waals surface area contributed by atoms with Crippen LogP contribution in [-0.2, 0) is 12.8 Å². The summed E-state index contributed by atoms with van der Waals surface area (Å²) in [6, 6.07) is 3.66. The first-order valence-corrected chi connectivity index (χ1v) is 6.25. The van der Waals surface area contributed by atoms with E-state index in [0.717, 1.165) is 16.7 Å². The van der Waals surface area contributed by atoms with Crippen molar-refractivity contribution in [2.45, 2.75) is 10.9 Å². The van der Waals surface area contributed by atoms with Gasteiger partial charge in [-0.3, -0.25) is 0 Å². The van der Waals surface area contributed by atoms with Crippen LogP contribution < -0.4 is 5.32 Å². The number of anilines is 1. The van der Waals surface area contributed by atoms with E-state index in [1.165, 1.54) is 11.8 Å². The first-order valence-electron chi connectivity index (χ1n) is 4.89. The lowest BCUT2D eigenvalue weighted by atomic mass is 10.3. The number of nitrogens with zero attached hydrogens (tertiary/aromatic N) is 5. The standard InChI is InChI=1S/C9H11ClN6S/c1-11-8-4-3-6(10)7(12-8)5-17-9-13-14-15-16(9)2/h3-4H,5H2,1-2H3,(H,11,12). The number of hydrogen-bond donors (Lipinski definition) is 1. The molecule has 0 unspecified atom stereocenters. The molecule has 17 heavy (non-hydrogen) atoms. The van der Waals surface area contributed by atoms with Crippen molar-refractivity contribution in [3.63, 3.8) is 0 Å². The van der Waals surface area contributed by atoms with Gasteiger partial charge in [-0.25, -0.2) is 9.67 Å². The molecule has 0 atom stereocenters. The Bertz CT molecular complexity index is 514. The maximum Gasteiger partial charge on any atom is 0.209 e. The molecule has 0 saturated heterocycles. The van der Waals surface area contributed by atoms with Crippen LogP contribution in [0.2, 0.25) is 5.02 Å². The minimum absolute atomic E-state index is 0.628. The summed E-state index contributed by atoms with van der Waals surface area (Å²) in [5.41, 5.74) is 0.812. The second kappa shape index (κ2) is 5.33. The fourth-order valence-corrected chi connectivity index (χ4v) is 2.26. The van der Waals surface area contributed by atoms with Crippen LogP contribution in [0.5, 0.6) is 0 Å². The molecule has 0 spiro atoms. The second-order valence-electron chi connectivity index (χ2n) is 3.25. The molecule has 2 aromatic rings. The van der Waals surface area contributed by atoms with E-state index in [9.17, 15) is 0 Å². The minimum Gasteiger partial charge on any atom is -0.373 e. The van der Waals surface area contributed by atoms with Crippen LogP contribution in [0.25, 0.3) is 0 Å². The molecule has 2 aromatic heterocycles. The monoisotopic (exact) mass is 270 g/mol. The topological polar surface area (TPSA) is 68.5 Å². The van der Waals surface area contributed by atoms with E-state index in [2.05, 4.69) is 25.8 Å². The Morgan fingerprint density at radius 2 is 2.29 bits per heavy atom. The van der Waals surface area contributed by atoms with Crippen LogP contribution in [-0.4, -0.2) is 32.2 Å². The molecule has 0 aliphatic carbocycles. The fourth-order valence-electron chi connectivity index (χ4n) is 1.20. The summed E-state index contributed by atoms with van der Waals surface area (Å²) < 4.78 is 1.61. The Labute approximate surface area is 108 Å². The van der Waals surface area contributed by atoms with Crippen molar-refractivity contribution in [1.82, 2.24) is 25.2 Å². The number of aromatic nitrogens is 5. The van der Waals surface area contributed by atoms with E-state index in [-0.39, 0.29) is 0 Å². The molecule has 0 aliphatic heterocycles. The van der Waals surface area contributed by atoms with Crippen molar-refractivity contribution in [3.05, 3.63) is 22.8 Å². The largest absolute Gasteiger partial charge is 0.373 e. The van der Waals surface area contributed by atoms with E-state index in [0.29, 0.717) is 10.8 Å². The summed E-state index contributed by atoms with van der Waals surface area (Å²) in [5.74, 6) is 1.42. The molecule has 0 radical (unpaired) electrons. The number of thioether (sulfide) groups is 1. The van der Waals surface area contributed by atoms with Gasteiger partial charge >= 0.3 is 0 Å². The lowest BCUT2D eigenvalue weighted by Crippen LogP contribution is -1.98. The van der Waals surface area contributed by atoms with Gasteiger partial charge in [0.25, 0.3) is 0 Å². The van der Waals surface area contributed by atoms with Gasteiger partial charge in [-0.2, -0.15) is 0 Å². The number of pyridine rings is 1. The third-order valence-corrected chi connectivity index (χ3v) is 3.46. The highest BCUT2D eigenvalue weighted by Gasteiger charge is 2.08. The van der Waals surface area contributed by atoms with Crippen molar-refractivity contribution >= 4 is 29.2 Å².